The van der Waals surface area contributed by atoms with E-state index in [0.29, 0.717) is 6.04 Å². The van der Waals surface area contributed by atoms with Crippen LogP contribution in [0.4, 0.5) is 0 Å². The van der Waals surface area contributed by atoms with Gasteiger partial charge in [-0.1, -0.05) is 0 Å². The number of nitrogens with zero attached hydrogens (tertiary/aromatic N) is 3. The van der Waals surface area contributed by atoms with Gasteiger partial charge in [0.1, 0.15) is 0 Å². The highest BCUT2D eigenvalue weighted by molar-refractivity contribution is 4.93. The maximum absolute atomic E-state index is 4.38. The van der Waals surface area contributed by atoms with E-state index in [1.807, 2.05) is 12.3 Å². The van der Waals surface area contributed by atoms with Gasteiger partial charge in [0.2, 0.25) is 0 Å². The van der Waals surface area contributed by atoms with Gasteiger partial charge in [-0.15, -0.1) is 0 Å². The minimum atomic E-state index is 0.641. The van der Waals surface area contributed by atoms with Gasteiger partial charge in [-0.25, -0.2) is 0 Å². The predicted octanol–water partition coefficient (Wildman–Crippen LogP) is 1.93. The van der Waals surface area contributed by atoms with Crippen LogP contribution in [-0.4, -0.2) is 34.3 Å². The normalized spacial score (nSPS) is 36.7. The molecule has 0 radical (unpaired) electrons. The summed E-state index contributed by atoms with van der Waals surface area (Å²) < 4.78 is 2.16. The number of aromatic nitrogens is 2. The van der Waals surface area contributed by atoms with Crippen LogP contribution in [0.2, 0.25) is 0 Å². The van der Waals surface area contributed by atoms with Crippen LogP contribution in [0.25, 0.3) is 0 Å². The highest BCUT2D eigenvalue weighted by Gasteiger charge is 2.37. The summed E-state index contributed by atoms with van der Waals surface area (Å²) in [5.74, 6) is 0.960. The summed E-state index contributed by atoms with van der Waals surface area (Å²) >= 11 is 0. The first-order valence-electron chi connectivity index (χ1n) is 6.04. The summed E-state index contributed by atoms with van der Waals surface area (Å²) in [6, 6.07) is 3.49. The summed E-state index contributed by atoms with van der Waals surface area (Å²) in [5, 5.41) is 4.38. The smallest absolute Gasteiger partial charge is 0.0534 e. The van der Waals surface area contributed by atoms with E-state index in [-0.39, 0.29) is 0 Å². The zero-order valence-corrected chi connectivity index (χ0v) is 9.34. The molecule has 0 aromatic carbocycles. The van der Waals surface area contributed by atoms with Gasteiger partial charge in [0.05, 0.1) is 6.04 Å². The fourth-order valence-corrected chi connectivity index (χ4v) is 3.34. The van der Waals surface area contributed by atoms with Gasteiger partial charge in [0.15, 0.2) is 0 Å². The van der Waals surface area contributed by atoms with Crippen molar-refractivity contribution < 1.29 is 0 Å². The van der Waals surface area contributed by atoms with Crippen molar-refractivity contribution >= 4 is 0 Å². The van der Waals surface area contributed by atoms with Crippen molar-refractivity contribution in [3.05, 3.63) is 18.5 Å². The van der Waals surface area contributed by atoms with Crippen LogP contribution in [0.3, 0.4) is 0 Å². The molecule has 3 nitrogen and oxygen atoms in total. The summed E-state index contributed by atoms with van der Waals surface area (Å²) in [4.78, 5) is 2.54. The SMILES string of the molecule is CN1CCC2CCC(n3cccn3)CC21. The Morgan fingerprint density at radius 3 is 3.00 bits per heavy atom. The van der Waals surface area contributed by atoms with Gasteiger partial charge < -0.3 is 4.90 Å². The van der Waals surface area contributed by atoms with Crippen LogP contribution in [0.5, 0.6) is 0 Å². The number of hydrogen-bond acceptors (Lipinski definition) is 2. The van der Waals surface area contributed by atoms with Gasteiger partial charge in [0, 0.05) is 18.4 Å². The maximum atomic E-state index is 4.38. The molecule has 2 aliphatic rings. The van der Waals surface area contributed by atoms with Crippen LogP contribution in [0.1, 0.15) is 31.7 Å². The van der Waals surface area contributed by atoms with Gasteiger partial charge in [-0.3, -0.25) is 4.68 Å². The molecule has 3 unspecified atom stereocenters. The van der Waals surface area contributed by atoms with Crippen molar-refractivity contribution in [2.45, 2.75) is 37.8 Å². The third kappa shape index (κ3) is 1.59. The Bertz CT molecular complexity index is 320. The topological polar surface area (TPSA) is 21.1 Å². The van der Waals surface area contributed by atoms with E-state index in [4.69, 9.17) is 0 Å². The van der Waals surface area contributed by atoms with Crippen molar-refractivity contribution in [1.29, 1.82) is 0 Å². The lowest BCUT2D eigenvalue weighted by Gasteiger charge is -2.34. The first-order chi connectivity index (χ1) is 7.34. The van der Waals surface area contributed by atoms with E-state index in [9.17, 15) is 0 Å². The average Bonchev–Trinajstić information content (AvgIpc) is 2.88. The molecule has 15 heavy (non-hydrogen) atoms. The summed E-state index contributed by atoms with van der Waals surface area (Å²) in [6.07, 6.45) is 9.41. The summed E-state index contributed by atoms with van der Waals surface area (Å²) in [6.45, 7) is 1.29. The molecule has 1 aromatic heterocycles. The number of rotatable bonds is 1. The third-order valence-corrected chi connectivity index (χ3v) is 4.25. The first kappa shape index (κ1) is 9.40. The summed E-state index contributed by atoms with van der Waals surface area (Å²) in [7, 11) is 2.27. The Hall–Kier alpha value is -0.830. The molecule has 1 saturated carbocycles. The van der Waals surface area contributed by atoms with Gasteiger partial charge in [-0.05, 0) is 51.3 Å². The highest BCUT2D eigenvalue weighted by Crippen LogP contribution is 2.39. The second-order valence-electron chi connectivity index (χ2n) is 5.05. The van der Waals surface area contributed by atoms with Gasteiger partial charge in [0.25, 0.3) is 0 Å². The monoisotopic (exact) mass is 205 g/mol. The van der Waals surface area contributed by atoms with Crippen molar-refractivity contribution in [2.75, 3.05) is 13.6 Å². The van der Waals surface area contributed by atoms with E-state index in [1.165, 1.54) is 32.2 Å². The maximum Gasteiger partial charge on any atom is 0.0534 e. The second kappa shape index (κ2) is 3.63. The Labute approximate surface area is 91.1 Å². The number of hydrogen-bond donors (Lipinski definition) is 0. The van der Waals surface area contributed by atoms with Crippen LogP contribution < -0.4 is 0 Å². The summed E-state index contributed by atoms with van der Waals surface area (Å²) in [5.41, 5.74) is 0. The largest absolute Gasteiger partial charge is 0.303 e. The quantitative estimate of drug-likeness (QED) is 0.698. The molecule has 3 rings (SSSR count). The molecule has 3 heteroatoms. The number of likely N-dealkylation sites (tertiary alicyclic amines) is 1. The van der Waals surface area contributed by atoms with E-state index in [0.717, 1.165) is 12.0 Å². The molecule has 1 saturated heterocycles. The molecule has 1 aliphatic carbocycles. The molecule has 3 atom stereocenters. The molecule has 2 heterocycles. The Balaban J connectivity index is 1.74. The van der Waals surface area contributed by atoms with Crippen LogP contribution in [0.15, 0.2) is 18.5 Å². The third-order valence-electron chi connectivity index (χ3n) is 4.25. The molecule has 0 spiro atoms. The average molecular weight is 205 g/mol. The molecule has 1 aliphatic heterocycles. The Morgan fingerprint density at radius 2 is 2.20 bits per heavy atom. The molecule has 82 valence electrons. The van der Waals surface area contributed by atoms with Crippen molar-refractivity contribution in [2.24, 2.45) is 5.92 Å². The van der Waals surface area contributed by atoms with Crippen LogP contribution in [-0.2, 0) is 0 Å². The van der Waals surface area contributed by atoms with Gasteiger partial charge >= 0.3 is 0 Å². The Kier molecular flexibility index (Phi) is 2.28. The van der Waals surface area contributed by atoms with Crippen LogP contribution >= 0.6 is 0 Å². The molecule has 1 aromatic rings. The standard InChI is InChI=1S/C12H19N3/c1-14-8-5-10-3-4-11(9-12(10)14)15-7-2-6-13-15/h2,6-7,10-12H,3-5,8-9H2,1H3. The predicted molar refractivity (Wildman–Crippen MR) is 59.6 cm³/mol. The number of fused-ring (bicyclic) bond motifs is 1. The minimum Gasteiger partial charge on any atom is -0.303 e. The zero-order valence-electron chi connectivity index (χ0n) is 9.34. The van der Waals surface area contributed by atoms with E-state index < -0.39 is 0 Å². The van der Waals surface area contributed by atoms with E-state index in [1.54, 1.807) is 0 Å². The minimum absolute atomic E-state index is 0.641. The van der Waals surface area contributed by atoms with Crippen molar-refractivity contribution in [3.63, 3.8) is 0 Å². The second-order valence-corrected chi connectivity index (χ2v) is 5.05. The fourth-order valence-electron chi connectivity index (χ4n) is 3.34. The van der Waals surface area contributed by atoms with Crippen LogP contribution in [0, 0.1) is 5.92 Å². The van der Waals surface area contributed by atoms with E-state index >= 15 is 0 Å². The lowest BCUT2D eigenvalue weighted by Crippen LogP contribution is -2.35. The van der Waals surface area contributed by atoms with Crippen molar-refractivity contribution in [1.82, 2.24) is 14.7 Å². The van der Waals surface area contributed by atoms with E-state index in [2.05, 4.69) is 27.9 Å². The molecule has 0 N–H and O–H groups in total. The zero-order chi connectivity index (χ0) is 10.3. The first-order valence-corrected chi connectivity index (χ1v) is 6.04. The highest BCUT2D eigenvalue weighted by atomic mass is 15.3. The molecule has 2 fully saturated rings. The molecular formula is C12H19N3. The fraction of sp³-hybridized carbons (Fsp3) is 0.750. The van der Waals surface area contributed by atoms with Gasteiger partial charge in [-0.2, -0.15) is 5.10 Å². The molecular weight excluding hydrogens is 186 g/mol. The molecule has 0 bridgehead atoms. The van der Waals surface area contributed by atoms with Crippen molar-refractivity contribution in [3.8, 4) is 0 Å². The Morgan fingerprint density at radius 1 is 1.27 bits per heavy atom. The lowest BCUT2D eigenvalue weighted by molar-refractivity contribution is 0.165. The molecule has 0 amide bonds. The lowest BCUT2D eigenvalue weighted by atomic mass is 9.82.